The molecule has 0 N–H and O–H groups in total. The van der Waals surface area contributed by atoms with Crippen molar-refractivity contribution in [2.75, 3.05) is 0 Å². The fraction of sp³-hybridized carbons (Fsp3) is 0. The van der Waals surface area contributed by atoms with Crippen molar-refractivity contribution < 1.29 is 13.6 Å². The smallest absolute Gasteiger partial charge is 0.263 e. The first kappa shape index (κ1) is 11.6. The van der Waals surface area contributed by atoms with E-state index in [0.717, 1.165) is 5.39 Å². The first-order valence-corrected chi connectivity index (χ1v) is 6.30. The lowest BCUT2D eigenvalue weighted by molar-refractivity contribution is 0.0984. The Morgan fingerprint density at radius 3 is 2.61 bits per heavy atom. The number of ketones is 1. The highest BCUT2D eigenvalue weighted by molar-refractivity contribution is 9.10. The van der Waals surface area contributed by atoms with Gasteiger partial charge in [0.1, 0.15) is 5.58 Å². The van der Waals surface area contributed by atoms with Gasteiger partial charge in [0.05, 0.1) is 0 Å². The van der Waals surface area contributed by atoms with Crippen LogP contribution >= 0.6 is 27.5 Å². The Bertz CT molecular complexity index is 742. The van der Waals surface area contributed by atoms with E-state index in [1.54, 1.807) is 36.4 Å². The number of benzene rings is 1. The molecule has 0 aliphatic carbocycles. The lowest BCUT2D eigenvalue weighted by Gasteiger charge is -1.90. The average Bonchev–Trinajstić information content (AvgIpc) is 2.93. The highest BCUT2D eigenvalue weighted by Crippen LogP contribution is 2.25. The zero-order valence-corrected chi connectivity index (χ0v) is 11.3. The van der Waals surface area contributed by atoms with Crippen LogP contribution in [0.2, 0.25) is 5.02 Å². The van der Waals surface area contributed by atoms with Crippen LogP contribution in [0.1, 0.15) is 16.3 Å². The van der Waals surface area contributed by atoms with Gasteiger partial charge in [-0.25, -0.2) is 0 Å². The van der Waals surface area contributed by atoms with Crippen molar-refractivity contribution >= 4 is 44.3 Å². The van der Waals surface area contributed by atoms with E-state index in [-0.39, 0.29) is 17.3 Å². The summed E-state index contributed by atoms with van der Waals surface area (Å²) in [4.78, 5) is 12.1. The van der Waals surface area contributed by atoms with Gasteiger partial charge in [-0.1, -0.05) is 11.6 Å². The quantitative estimate of drug-likeness (QED) is 0.643. The number of fused-ring (bicyclic) bond motifs is 1. The van der Waals surface area contributed by atoms with Crippen molar-refractivity contribution in [3.63, 3.8) is 0 Å². The lowest BCUT2D eigenvalue weighted by Crippen LogP contribution is -1.96. The van der Waals surface area contributed by atoms with Gasteiger partial charge in [-0.3, -0.25) is 4.79 Å². The standard InChI is InChI=1S/C13H6BrClO3/c14-12-4-3-10(18-12)13(16)11-6-7-5-8(15)1-2-9(7)17-11/h1-6H. The fourth-order valence-corrected chi connectivity index (χ4v) is 2.17. The van der Waals surface area contributed by atoms with Gasteiger partial charge in [-0.05, 0) is 52.3 Å². The van der Waals surface area contributed by atoms with Gasteiger partial charge < -0.3 is 8.83 Å². The minimum Gasteiger partial charge on any atom is -0.452 e. The first-order chi connectivity index (χ1) is 8.63. The summed E-state index contributed by atoms with van der Waals surface area (Å²) in [5.41, 5.74) is 0.619. The molecule has 0 radical (unpaired) electrons. The topological polar surface area (TPSA) is 43.4 Å². The summed E-state index contributed by atoms with van der Waals surface area (Å²) >= 11 is 9.03. The van der Waals surface area contributed by atoms with E-state index in [9.17, 15) is 4.79 Å². The van der Waals surface area contributed by atoms with Crippen molar-refractivity contribution in [3.05, 3.63) is 57.6 Å². The molecule has 0 atom stereocenters. The third-order valence-corrected chi connectivity index (χ3v) is 3.16. The second-order valence-electron chi connectivity index (χ2n) is 3.73. The summed E-state index contributed by atoms with van der Waals surface area (Å²) in [6.07, 6.45) is 0. The van der Waals surface area contributed by atoms with Crippen molar-refractivity contribution in [3.8, 4) is 0 Å². The molecule has 3 nitrogen and oxygen atoms in total. The molecule has 0 aliphatic rings. The van der Waals surface area contributed by atoms with E-state index in [1.807, 2.05) is 0 Å². The lowest BCUT2D eigenvalue weighted by atomic mass is 10.2. The van der Waals surface area contributed by atoms with Gasteiger partial charge in [0.15, 0.2) is 16.2 Å². The summed E-state index contributed by atoms with van der Waals surface area (Å²) in [5.74, 6) is 0.161. The van der Waals surface area contributed by atoms with E-state index < -0.39 is 0 Å². The highest BCUT2D eigenvalue weighted by Gasteiger charge is 2.18. The monoisotopic (exact) mass is 324 g/mol. The number of halogens is 2. The summed E-state index contributed by atoms with van der Waals surface area (Å²) in [6, 6.07) is 10.1. The molecule has 0 saturated carbocycles. The maximum Gasteiger partial charge on any atom is 0.263 e. The van der Waals surface area contributed by atoms with Crippen LogP contribution in [0, 0.1) is 0 Å². The number of rotatable bonds is 2. The molecule has 2 heterocycles. The number of hydrogen-bond donors (Lipinski definition) is 0. The molecule has 2 aromatic heterocycles. The summed E-state index contributed by atoms with van der Waals surface area (Å²) in [5, 5.41) is 1.39. The van der Waals surface area contributed by atoms with E-state index in [1.165, 1.54) is 0 Å². The van der Waals surface area contributed by atoms with Crippen LogP contribution in [0.3, 0.4) is 0 Å². The Kier molecular flexibility index (Phi) is 2.76. The minimum atomic E-state index is -0.298. The molecule has 3 rings (SSSR count). The zero-order chi connectivity index (χ0) is 12.7. The summed E-state index contributed by atoms with van der Waals surface area (Å²) in [6.45, 7) is 0. The number of carbonyl (C=O) groups excluding carboxylic acids is 1. The van der Waals surface area contributed by atoms with Crippen LogP contribution in [0.15, 0.2) is 49.9 Å². The molecule has 5 heteroatoms. The van der Waals surface area contributed by atoms with Crippen LogP contribution in [-0.4, -0.2) is 5.78 Å². The normalized spacial score (nSPS) is 11.0. The summed E-state index contributed by atoms with van der Waals surface area (Å²) < 4.78 is 11.2. The molecule has 0 saturated heterocycles. The Hall–Kier alpha value is -1.52. The SMILES string of the molecule is O=C(c1ccc(Br)o1)c1cc2cc(Cl)ccc2o1. The van der Waals surface area contributed by atoms with Crippen molar-refractivity contribution in [2.24, 2.45) is 0 Å². The second-order valence-corrected chi connectivity index (χ2v) is 4.94. The van der Waals surface area contributed by atoms with Gasteiger partial charge in [-0.15, -0.1) is 0 Å². The molecule has 90 valence electrons. The molecule has 0 spiro atoms. The molecular formula is C13H6BrClO3. The predicted molar refractivity (Wildman–Crippen MR) is 71.1 cm³/mol. The van der Waals surface area contributed by atoms with Gasteiger partial charge in [0.25, 0.3) is 5.78 Å². The molecular weight excluding hydrogens is 319 g/mol. The third-order valence-electron chi connectivity index (χ3n) is 2.50. The number of carbonyl (C=O) groups is 1. The molecule has 0 bridgehead atoms. The maximum absolute atomic E-state index is 12.1. The van der Waals surface area contributed by atoms with E-state index >= 15 is 0 Å². The maximum atomic E-state index is 12.1. The molecule has 18 heavy (non-hydrogen) atoms. The van der Waals surface area contributed by atoms with E-state index in [4.69, 9.17) is 20.4 Å². The molecule has 0 aliphatic heterocycles. The van der Waals surface area contributed by atoms with Crippen molar-refractivity contribution in [1.29, 1.82) is 0 Å². The van der Waals surface area contributed by atoms with Crippen LogP contribution in [0.25, 0.3) is 11.0 Å². The van der Waals surface area contributed by atoms with Crippen LogP contribution in [-0.2, 0) is 0 Å². The van der Waals surface area contributed by atoms with Crippen molar-refractivity contribution in [1.82, 2.24) is 0 Å². The fourth-order valence-electron chi connectivity index (χ4n) is 1.68. The molecule has 1 aromatic carbocycles. The molecule has 0 fully saturated rings. The van der Waals surface area contributed by atoms with E-state index in [2.05, 4.69) is 15.9 Å². The van der Waals surface area contributed by atoms with Crippen LogP contribution in [0.5, 0.6) is 0 Å². The second kappa shape index (κ2) is 4.30. The van der Waals surface area contributed by atoms with Gasteiger partial charge in [0.2, 0.25) is 0 Å². The van der Waals surface area contributed by atoms with Gasteiger partial charge >= 0.3 is 0 Å². The van der Waals surface area contributed by atoms with Crippen LogP contribution in [0.4, 0.5) is 0 Å². The minimum absolute atomic E-state index is 0.229. The highest BCUT2D eigenvalue weighted by atomic mass is 79.9. The Labute approximate surface area is 115 Å². The Balaban J connectivity index is 2.06. The molecule has 0 amide bonds. The van der Waals surface area contributed by atoms with Gasteiger partial charge in [-0.2, -0.15) is 0 Å². The van der Waals surface area contributed by atoms with Crippen LogP contribution < -0.4 is 0 Å². The predicted octanol–water partition coefficient (Wildman–Crippen LogP) is 4.67. The van der Waals surface area contributed by atoms with Gasteiger partial charge in [0, 0.05) is 10.4 Å². The largest absolute Gasteiger partial charge is 0.452 e. The first-order valence-electron chi connectivity index (χ1n) is 5.12. The Morgan fingerprint density at radius 2 is 1.89 bits per heavy atom. The molecule has 3 aromatic rings. The summed E-state index contributed by atoms with van der Waals surface area (Å²) in [7, 11) is 0. The number of hydrogen-bond acceptors (Lipinski definition) is 3. The molecule has 0 unspecified atom stereocenters. The zero-order valence-electron chi connectivity index (χ0n) is 8.94. The third kappa shape index (κ3) is 1.98. The number of furan rings is 2. The average molecular weight is 326 g/mol. The van der Waals surface area contributed by atoms with E-state index in [0.29, 0.717) is 15.3 Å². The Morgan fingerprint density at radius 1 is 1.06 bits per heavy atom. The van der Waals surface area contributed by atoms with Crippen molar-refractivity contribution in [2.45, 2.75) is 0 Å².